The summed E-state index contributed by atoms with van der Waals surface area (Å²) in [5.74, 6) is -0.585. The van der Waals surface area contributed by atoms with Gasteiger partial charge in [-0.15, -0.1) is 0 Å². The molecule has 1 atom stereocenters. The molecule has 0 bridgehead atoms. The monoisotopic (exact) mass is 201 g/mol. The van der Waals surface area contributed by atoms with Gasteiger partial charge in [0.05, 0.1) is 0 Å². The Labute approximate surface area is 84.5 Å². The van der Waals surface area contributed by atoms with Crippen LogP contribution in [0, 0.1) is 5.92 Å². The highest BCUT2D eigenvalue weighted by Gasteiger charge is 2.15. The number of rotatable bonds is 7. The molecule has 0 aromatic rings. The van der Waals surface area contributed by atoms with E-state index in [0.717, 1.165) is 12.8 Å². The van der Waals surface area contributed by atoms with E-state index in [1.807, 2.05) is 0 Å². The average Bonchev–Trinajstić information content (AvgIpc) is 2.02. The molecule has 0 fully saturated rings. The van der Waals surface area contributed by atoms with Crippen LogP contribution in [-0.2, 0) is 9.59 Å². The van der Waals surface area contributed by atoms with Crippen molar-refractivity contribution in [3.05, 3.63) is 0 Å². The Kier molecular flexibility index (Phi) is 6.12. The first kappa shape index (κ1) is 13.1. The summed E-state index contributed by atoms with van der Waals surface area (Å²) in [5, 5.41) is 8.47. The van der Waals surface area contributed by atoms with Gasteiger partial charge in [-0.3, -0.25) is 9.59 Å². The van der Waals surface area contributed by atoms with Crippen LogP contribution in [0.5, 0.6) is 0 Å². The molecule has 0 amide bonds. The summed E-state index contributed by atoms with van der Waals surface area (Å²) in [7, 11) is 0. The normalized spacial score (nSPS) is 12.9. The van der Waals surface area contributed by atoms with Gasteiger partial charge < -0.3 is 10.8 Å². The molecule has 0 saturated carbocycles. The van der Waals surface area contributed by atoms with Crippen molar-refractivity contribution in [1.82, 2.24) is 0 Å². The molecule has 3 N–H and O–H groups in total. The summed E-state index contributed by atoms with van der Waals surface area (Å²) in [4.78, 5) is 21.5. The average molecular weight is 201 g/mol. The highest BCUT2D eigenvalue weighted by atomic mass is 16.4. The zero-order valence-corrected chi connectivity index (χ0v) is 8.82. The molecule has 4 nitrogen and oxygen atoms in total. The van der Waals surface area contributed by atoms with Crippen molar-refractivity contribution in [3.8, 4) is 0 Å². The Morgan fingerprint density at radius 3 is 2.36 bits per heavy atom. The highest BCUT2D eigenvalue weighted by molar-refractivity contribution is 5.85. The standard InChI is InChI=1S/C10H19NO3/c1-7(2)4-3-5-8(12)6-9(11)10(13)14/h7,9H,3-6,11H2,1-2H3,(H,13,14)/t9-/m0/s1. The van der Waals surface area contributed by atoms with E-state index >= 15 is 0 Å². The minimum atomic E-state index is -1.11. The summed E-state index contributed by atoms with van der Waals surface area (Å²) < 4.78 is 0. The van der Waals surface area contributed by atoms with Gasteiger partial charge in [0.25, 0.3) is 0 Å². The summed E-state index contributed by atoms with van der Waals surface area (Å²) >= 11 is 0. The van der Waals surface area contributed by atoms with Crippen LogP contribution in [0.15, 0.2) is 0 Å². The molecule has 82 valence electrons. The van der Waals surface area contributed by atoms with Gasteiger partial charge in [-0.1, -0.05) is 20.3 Å². The Hall–Kier alpha value is -0.900. The van der Waals surface area contributed by atoms with Crippen molar-refractivity contribution in [1.29, 1.82) is 0 Å². The number of carboxylic acid groups (broad SMARTS) is 1. The van der Waals surface area contributed by atoms with Crippen LogP contribution in [-0.4, -0.2) is 22.9 Å². The molecular formula is C10H19NO3. The zero-order chi connectivity index (χ0) is 11.1. The van der Waals surface area contributed by atoms with Gasteiger partial charge in [-0.2, -0.15) is 0 Å². The van der Waals surface area contributed by atoms with Crippen molar-refractivity contribution in [2.24, 2.45) is 11.7 Å². The van der Waals surface area contributed by atoms with Crippen LogP contribution in [0.1, 0.15) is 39.5 Å². The van der Waals surface area contributed by atoms with Gasteiger partial charge in [0.15, 0.2) is 0 Å². The minimum absolute atomic E-state index is 0.0482. The van der Waals surface area contributed by atoms with Gasteiger partial charge >= 0.3 is 5.97 Å². The van der Waals surface area contributed by atoms with E-state index in [-0.39, 0.29) is 12.2 Å². The topological polar surface area (TPSA) is 80.4 Å². The van der Waals surface area contributed by atoms with E-state index in [2.05, 4.69) is 13.8 Å². The number of hydrogen-bond donors (Lipinski definition) is 2. The maximum Gasteiger partial charge on any atom is 0.320 e. The van der Waals surface area contributed by atoms with Gasteiger partial charge in [0, 0.05) is 12.8 Å². The SMILES string of the molecule is CC(C)CCCC(=O)C[C@H](N)C(=O)O. The van der Waals surface area contributed by atoms with E-state index in [4.69, 9.17) is 10.8 Å². The van der Waals surface area contributed by atoms with E-state index in [0.29, 0.717) is 12.3 Å². The first-order valence-electron chi connectivity index (χ1n) is 4.93. The van der Waals surface area contributed by atoms with Crippen molar-refractivity contribution in [2.75, 3.05) is 0 Å². The molecule has 0 aliphatic heterocycles. The number of carbonyl (C=O) groups excluding carboxylic acids is 1. The third kappa shape index (κ3) is 6.60. The smallest absolute Gasteiger partial charge is 0.320 e. The molecule has 0 heterocycles. The van der Waals surface area contributed by atoms with Gasteiger partial charge in [0.2, 0.25) is 0 Å². The van der Waals surface area contributed by atoms with Crippen molar-refractivity contribution >= 4 is 11.8 Å². The number of ketones is 1. The first-order chi connectivity index (χ1) is 6.43. The Morgan fingerprint density at radius 2 is 1.93 bits per heavy atom. The second-order valence-electron chi connectivity index (χ2n) is 3.97. The van der Waals surface area contributed by atoms with E-state index in [1.54, 1.807) is 0 Å². The van der Waals surface area contributed by atoms with Crippen LogP contribution in [0.3, 0.4) is 0 Å². The van der Waals surface area contributed by atoms with Crippen molar-refractivity contribution in [3.63, 3.8) is 0 Å². The second kappa shape index (κ2) is 6.54. The Bertz CT molecular complexity index is 202. The van der Waals surface area contributed by atoms with E-state index in [9.17, 15) is 9.59 Å². The molecule has 0 aromatic heterocycles. The molecule has 0 spiro atoms. The van der Waals surface area contributed by atoms with E-state index < -0.39 is 12.0 Å². The van der Waals surface area contributed by atoms with Crippen LogP contribution in [0.25, 0.3) is 0 Å². The number of aliphatic carboxylic acids is 1. The lowest BCUT2D eigenvalue weighted by Gasteiger charge is -2.06. The zero-order valence-electron chi connectivity index (χ0n) is 8.82. The fourth-order valence-corrected chi connectivity index (χ4v) is 1.14. The number of hydrogen-bond acceptors (Lipinski definition) is 3. The summed E-state index contributed by atoms with van der Waals surface area (Å²) in [5.41, 5.74) is 5.23. The molecule has 0 radical (unpaired) electrons. The fourth-order valence-electron chi connectivity index (χ4n) is 1.14. The molecule has 0 rings (SSSR count). The predicted molar refractivity (Wildman–Crippen MR) is 53.9 cm³/mol. The highest BCUT2D eigenvalue weighted by Crippen LogP contribution is 2.08. The number of Topliss-reactive ketones (excluding diaryl/α,β-unsaturated/α-hetero) is 1. The first-order valence-corrected chi connectivity index (χ1v) is 4.93. The molecule has 0 aliphatic carbocycles. The molecule has 0 aliphatic rings. The van der Waals surface area contributed by atoms with E-state index in [1.165, 1.54) is 0 Å². The summed E-state index contributed by atoms with van der Waals surface area (Å²) in [6.45, 7) is 4.18. The molecule has 4 heteroatoms. The van der Waals surface area contributed by atoms with Gasteiger partial charge in [0.1, 0.15) is 11.8 Å². The molecule has 14 heavy (non-hydrogen) atoms. The van der Waals surface area contributed by atoms with Crippen LogP contribution in [0.2, 0.25) is 0 Å². The lowest BCUT2D eigenvalue weighted by atomic mass is 10.0. The number of nitrogens with two attached hydrogens (primary N) is 1. The molecule has 0 unspecified atom stereocenters. The van der Waals surface area contributed by atoms with Crippen molar-refractivity contribution in [2.45, 2.75) is 45.6 Å². The summed E-state index contributed by atoms with van der Waals surface area (Å²) in [6, 6.07) is -1.04. The largest absolute Gasteiger partial charge is 0.480 e. The second-order valence-corrected chi connectivity index (χ2v) is 3.97. The number of carbonyl (C=O) groups is 2. The Balaban J connectivity index is 3.60. The number of carboxylic acids is 1. The van der Waals surface area contributed by atoms with Crippen LogP contribution >= 0.6 is 0 Å². The summed E-state index contributed by atoms with van der Waals surface area (Å²) in [6.07, 6.45) is 2.21. The van der Waals surface area contributed by atoms with Crippen LogP contribution < -0.4 is 5.73 Å². The molecular weight excluding hydrogens is 182 g/mol. The maximum absolute atomic E-state index is 11.2. The van der Waals surface area contributed by atoms with Gasteiger partial charge in [-0.05, 0) is 12.3 Å². The quantitative estimate of drug-likeness (QED) is 0.648. The third-order valence-corrected chi connectivity index (χ3v) is 2.00. The lowest BCUT2D eigenvalue weighted by molar-refractivity contribution is -0.140. The maximum atomic E-state index is 11.2. The van der Waals surface area contributed by atoms with Gasteiger partial charge in [-0.25, -0.2) is 0 Å². The predicted octanol–water partition coefficient (Wildman–Crippen LogP) is 1.18. The minimum Gasteiger partial charge on any atom is -0.480 e. The molecule has 0 aromatic carbocycles. The Morgan fingerprint density at radius 1 is 1.36 bits per heavy atom. The third-order valence-electron chi connectivity index (χ3n) is 2.00. The van der Waals surface area contributed by atoms with Crippen molar-refractivity contribution < 1.29 is 14.7 Å². The lowest BCUT2D eigenvalue weighted by Crippen LogP contribution is -2.32. The van der Waals surface area contributed by atoms with Crippen LogP contribution in [0.4, 0.5) is 0 Å². The fraction of sp³-hybridized carbons (Fsp3) is 0.800. The molecule has 0 saturated heterocycles.